The maximum Gasteiger partial charge on any atom is 0.120 e. The molecule has 16 heavy (non-hydrogen) atoms. The Morgan fingerprint density at radius 2 is 2.12 bits per heavy atom. The van der Waals surface area contributed by atoms with Crippen LogP contribution in [0, 0.1) is 11.3 Å². The zero-order valence-electron chi connectivity index (χ0n) is 9.15. The van der Waals surface area contributed by atoms with Crippen LogP contribution in [0.5, 0.6) is 5.75 Å². The van der Waals surface area contributed by atoms with Gasteiger partial charge in [0.1, 0.15) is 12.4 Å². The van der Waals surface area contributed by atoms with Crippen LogP contribution in [0.3, 0.4) is 0 Å². The minimum atomic E-state index is -0.664. The third-order valence-corrected chi connectivity index (χ3v) is 3.00. The predicted octanol–water partition coefficient (Wildman–Crippen LogP) is 2.24. The molecule has 0 unspecified atom stereocenters. The van der Waals surface area contributed by atoms with Gasteiger partial charge >= 0.3 is 0 Å². The smallest absolute Gasteiger partial charge is 0.120 e. The van der Waals surface area contributed by atoms with Gasteiger partial charge in [0.15, 0.2) is 0 Å². The van der Waals surface area contributed by atoms with Crippen molar-refractivity contribution in [2.24, 2.45) is 0 Å². The highest BCUT2D eigenvalue weighted by molar-refractivity contribution is 5.36. The molecule has 0 radical (unpaired) electrons. The fourth-order valence-electron chi connectivity index (χ4n) is 2.05. The first-order valence-electron chi connectivity index (χ1n) is 5.57. The van der Waals surface area contributed by atoms with Crippen LogP contribution in [-0.4, -0.2) is 17.3 Å². The summed E-state index contributed by atoms with van der Waals surface area (Å²) < 4.78 is 5.53. The molecule has 0 aromatic heterocycles. The molecule has 1 fully saturated rings. The summed E-state index contributed by atoms with van der Waals surface area (Å²) in [5.41, 5.74) is -0.0845. The number of rotatable bonds is 3. The zero-order valence-corrected chi connectivity index (χ0v) is 9.15. The number of aliphatic hydroxyl groups is 1. The molecule has 0 aliphatic heterocycles. The Morgan fingerprint density at radius 3 is 2.81 bits per heavy atom. The molecule has 84 valence electrons. The average Bonchev–Trinajstić information content (AvgIpc) is 2.75. The predicted molar refractivity (Wildman–Crippen MR) is 60.1 cm³/mol. The minimum absolute atomic E-state index is 0.321. The second kappa shape index (κ2) is 4.54. The summed E-state index contributed by atoms with van der Waals surface area (Å²) in [6.45, 7) is 0.321. The molecule has 2 rings (SSSR count). The number of ether oxygens (including phenoxy) is 1. The summed E-state index contributed by atoms with van der Waals surface area (Å²) in [5.74, 6) is 0.652. The van der Waals surface area contributed by atoms with E-state index in [-0.39, 0.29) is 0 Å². The molecule has 1 aliphatic carbocycles. The number of nitrogens with zero attached hydrogens (tertiary/aromatic N) is 1. The van der Waals surface area contributed by atoms with Gasteiger partial charge in [0.05, 0.1) is 17.2 Å². The standard InChI is InChI=1S/C13H15NO2/c14-9-11-4-3-5-12(8-11)16-10-13(15)6-1-2-7-13/h3-5,8,15H,1-2,6-7,10H2. The van der Waals surface area contributed by atoms with E-state index in [0.717, 1.165) is 25.7 Å². The maximum absolute atomic E-state index is 10.1. The number of benzene rings is 1. The van der Waals surface area contributed by atoms with Gasteiger partial charge in [-0.25, -0.2) is 0 Å². The van der Waals surface area contributed by atoms with Crippen molar-refractivity contribution in [3.05, 3.63) is 29.8 Å². The molecule has 1 aliphatic rings. The number of nitriles is 1. The molecule has 1 aromatic carbocycles. The Kier molecular flexibility index (Phi) is 3.12. The van der Waals surface area contributed by atoms with Crippen LogP contribution in [-0.2, 0) is 0 Å². The average molecular weight is 217 g/mol. The molecule has 3 heteroatoms. The molecular weight excluding hydrogens is 202 g/mol. The second-order valence-corrected chi connectivity index (χ2v) is 4.36. The first-order valence-corrected chi connectivity index (χ1v) is 5.57. The lowest BCUT2D eigenvalue weighted by molar-refractivity contribution is 0.00140. The molecule has 0 amide bonds. The van der Waals surface area contributed by atoms with Gasteiger partial charge < -0.3 is 9.84 Å². The van der Waals surface area contributed by atoms with Gasteiger partial charge in [-0.05, 0) is 31.0 Å². The van der Waals surface area contributed by atoms with E-state index in [1.807, 2.05) is 0 Å². The number of hydrogen-bond acceptors (Lipinski definition) is 3. The first kappa shape index (κ1) is 11.0. The van der Waals surface area contributed by atoms with E-state index in [4.69, 9.17) is 10.00 Å². The van der Waals surface area contributed by atoms with Crippen LogP contribution in [0.15, 0.2) is 24.3 Å². The Hall–Kier alpha value is -1.53. The van der Waals surface area contributed by atoms with E-state index < -0.39 is 5.60 Å². The van der Waals surface area contributed by atoms with E-state index in [2.05, 4.69) is 6.07 Å². The molecule has 0 bridgehead atoms. The monoisotopic (exact) mass is 217 g/mol. The highest BCUT2D eigenvalue weighted by Crippen LogP contribution is 2.30. The maximum atomic E-state index is 10.1. The molecule has 1 aromatic rings. The van der Waals surface area contributed by atoms with E-state index >= 15 is 0 Å². The normalized spacial score (nSPS) is 18.0. The van der Waals surface area contributed by atoms with Crippen LogP contribution in [0.2, 0.25) is 0 Å². The summed E-state index contributed by atoms with van der Waals surface area (Å²) in [4.78, 5) is 0. The molecule has 1 saturated carbocycles. The molecule has 0 spiro atoms. The van der Waals surface area contributed by atoms with Crippen molar-refractivity contribution in [3.63, 3.8) is 0 Å². The Bertz CT molecular complexity index is 403. The Labute approximate surface area is 95.3 Å². The van der Waals surface area contributed by atoms with Gasteiger partial charge in [0, 0.05) is 0 Å². The molecule has 0 heterocycles. The quantitative estimate of drug-likeness (QED) is 0.844. The zero-order chi connectivity index (χ0) is 11.4. The van der Waals surface area contributed by atoms with Gasteiger partial charge in [-0.2, -0.15) is 5.26 Å². The largest absolute Gasteiger partial charge is 0.491 e. The minimum Gasteiger partial charge on any atom is -0.491 e. The molecule has 0 saturated heterocycles. The Morgan fingerprint density at radius 1 is 1.38 bits per heavy atom. The highest BCUT2D eigenvalue weighted by Gasteiger charge is 2.31. The second-order valence-electron chi connectivity index (χ2n) is 4.36. The molecule has 3 nitrogen and oxygen atoms in total. The van der Waals surface area contributed by atoms with Crippen molar-refractivity contribution in [1.82, 2.24) is 0 Å². The van der Waals surface area contributed by atoms with Crippen molar-refractivity contribution >= 4 is 0 Å². The van der Waals surface area contributed by atoms with E-state index in [1.165, 1.54) is 0 Å². The molecule has 0 atom stereocenters. The van der Waals surface area contributed by atoms with E-state index in [0.29, 0.717) is 17.9 Å². The SMILES string of the molecule is N#Cc1cccc(OCC2(O)CCCC2)c1. The fraction of sp³-hybridized carbons (Fsp3) is 0.462. The van der Waals surface area contributed by atoms with Gasteiger partial charge in [-0.15, -0.1) is 0 Å². The van der Waals surface area contributed by atoms with Crippen LogP contribution >= 0.6 is 0 Å². The lowest BCUT2D eigenvalue weighted by Gasteiger charge is -2.22. The van der Waals surface area contributed by atoms with Crippen LogP contribution < -0.4 is 4.74 Å². The van der Waals surface area contributed by atoms with E-state index in [1.54, 1.807) is 24.3 Å². The van der Waals surface area contributed by atoms with Gasteiger partial charge in [0.2, 0.25) is 0 Å². The van der Waals surface area contributed by atoms with E-state index in [9.17, 15) is 5.11 Å². The van der Waals surface area contributed by atoms with Crippen LogP contribution in [0.1, 0.15) is 31.2 Å². The molecule has 1 N–H and O–H groups in total. The summed E-state index contributed by atoms with van der Waals surface area (Å²) >= 11 is 0. The fourth-order valence-corrected chi connectivity index (χ4v) is 2.05. The Balaban J connectivity index is 1.96. The summed E-state index contributed by atoms with van der Waals surface area (Å²) in [6, 6.07) is 9.08. The van der Waals surface area contributed by atoms with Crippen molar-refractivity contribution in [3.8, 4) is 11.8 Å². The van der Waals surface area contributed by atoms with Crippen molar-refractivity contribution < 1.29 is 9.84 Å². The van der Waals surface area contributed by atoms with Gasteiger partial charge in [-0.3, -0.25) is 0 Å². The van der Waals surface area contributed by atoms with Crippen molar-refractivity contribution in [1.29, 1.82) is 5.26 Å². The highest BCUT2D eigenvalue weighted by atomic mass is 16.5. The van der Waals surface area contributed by atoms with Gasteiger partial charge in [-0.1, -0.05) is 18.9 Å². The summed E-state index contributed by atoms with van der Waals surface area (Å²) in [5, 5.41) is 18.8. The third-order valence-electron chi connectivity index (χ3n) is 3.00. The van der Waals surface area contributed by atoms with Crippen LogP contribution in [0.25, 0.3) is 0 Å². The topological polar surface area (TPSA) is 53.2 Å². The van der Waals surface area contributed by atoms with Crippen molar-refractivity contribution in [2.45, 2.75) is 31.3 Å². The lowest BCUT2D eigenvalue weighted by Crippen LogP contribution is -2.32. The number of hydrogen-bond donors (Lipinski definition) is 1. The summed E-state index contributed by atoms with van der Waals surface area (Å²) in [7, 11) is 0. The third kappa shape index (κ3) is 2.53. The van der Waals surface area contributed by atoms with Gasteiger partial charge in [0.25, 0.3) is 0 Å². The van der Waals surface area contributed by atoms with Crippen molar-refractivity contribution in [2.75, 3.05) is 6.61 Å². The van der Waals surface area contributed by atoms with Crippen LogP contribution in [0.4, 0.5) is 0 Å². The lowest BCUT2D eigenvalue weighted by atomic mass is 10.0. The summed E-state index contributed by atoms with van der Waals surface area (Å²) in [6.07, 6.45) is 3.76. The molecular formula is C13H15NO2. The first-order chi connectivity index (χ1) is 7.72.